The normalized spacial score (nSPS) is 37.7. The molecule has 1 aromatic heterocycles. The minimum absolute atomic E-state index is 0.0179. The summed E-state index contributed by atoms with van der Waals surface area (Å²) in [5, 5.41) is 0. The van der Waals surface area contributed by atoms with Crippen molar-refractivity contribution in [2.45, 2.75) is 85.1 Å². The first-order chi connectivity index (χ1) is 15.3. The van der Waals surface area contributed by atoms with E-state index in [1.54, 1.807) is 12.0 Å². The van der Waals surface area contributed by atoms with E-state index in [1.807, 2.05) is 6.26 Å². The van der Waals surface area contributed by atoms with E-state index in [0.29, 0.717) is 11.8 Å². The van der Waals surface area contributed by atoms with Crippen molar-refractivity contribution in [3.05, 3.63) is 35.8 Å². The van der Waals surface area contributed by atoms with Crippen LogP contribution in [0.1, 0.15) is 83.5 Å². The Bertz CT molecular complexity index is 820. The first-order valence-electron chi connectivity index (χ1n) is 12.9. The quantitative estimate of drug-likeness (QED) is 0.499. The first kappa shape index (κ1) is 23.6. The van der Waals surface area contributed by atoms with Crippen molar-refractivity contribution in [3.8, 4) is 0 Å². The monoisotopic (exact) mass is 442 g/mol. The molecule has 0 spiro atoms. The van der Waals surface area contributed by atoms with Crippen molar-refractivity contribution in [2.24, 2.45) is 28.6 Å². The number of likely N-dealkylation sites (tertiary alicyclic amines) is 1. The maximum Gasteiger partial charge on any atom is 0.311 e. The number of methoxy groups -OCH3 is 1. The molecule has 178 valence electrons. The summed E-state index contributed by atoms with van der Waals surface area (Å²) in [5.74, 6) is 2.86. The molecule has 2 saturated carbocycles. The van der Waals surface area contributed by atoms with Gasteiger partial charge >= 0.3 is 5.97 Å². The fourth-order valence-electron chi connectivity index (χ4n) is 7.58. The van der Waals surface area contributed by atoms with Gasteiger partial charge in [-0.05, 0) is 93.1 Å². The fraction of sp³-hybridized carbons (Fsp3) is 0.750. The van der Waals surface area contributed by atoms with Gasteiger partial charge in [0, 0.05) is 0 Å². The van der Waals surface area contributed by atoms with Crippen LogP contribution in [0.2, 0.25) is 0 Å². The van der Waals surface area contributed by atoms with Crippen molar-refractivity contribution >= 4 is 5.97 Å². The third kappa shape index (κ3) is 4.32. The SMILES string of the molecule is C=C1CC[C@@H]2[C@](C)(CCC[C@@]2(C)C(=O)OC)[C@H]1CCc1ccoc1C[NH+]1CCC(C)CC1. The third-order valence-electron chi connectivity index (χ3n) is 9.60. The molecule has 0 unspecified atom stereocenters. The molecule has 4 nitrogen and oxygen atoms in total. The number of allylic oxidation sites excluding steroid dienone is 1. The van der Waals surface area contributed by atoms with Gasteiger partial charge in [0.25, 0.3) is 0 Å². The number of furan rings is 1. The highest BCUT2D eigenvalue weighted by atomic mass is 16.5. The molecule has 0 radical (unpaired) electrons. The lowest BCUT2D eigenvalue weighted by molar-refractivity contribution is -0.920. The third-order valence-corrected chi connectivity index (χ3v) is 9.60. The van der Waals surface area contributed by atoms with Gasteiger partial charge in [-0.1, -0.05) is 32.4 Å². The summed E-state index contributed by atoms with van der Waals surface area (Å²) in [4.78, 5) is 14.5. The zero-order valence-corrected chi connectivity index (χ0v) is 20.8. The highest BCUT2D eigenvalue weighted by Crippen LogP contribution is 2.62. The second-order valence-corrected chi connectivity index (χ2v) is 11.6. The molecule has 2 aliphatic carbocycles. The van der Waals surface area contributed by atoms with Gasteiger partial charge in [0.05, 0.1) is 31.9 Å². The summed E-state index contributed by atoms with van der Waals surface area (Å²) in [7, 11) is 1.55. The predicted octanol–water partition coefficient (Wildman–Crippen LogP) is 4.98. The maximum absolute atomic E-state index is 12.8. The first-order valence-corrected chi connectivity index (χ1v) is 12.9. The lowest BCUT2D eigenvalue weighted by Gasteiger charge is -2.57. The van der Waals surface area contributed by atoms with Crippen LogP contribution in [0.3, 0.4) is 0 Å². The molecule has 4 rings (SSSR count). The number of carbonyl (C=O) groups is 1. The van der Waals surface area contributed by atoms with Crippen LogP contribution < -0.4 is 4.90 Å². The van der Waals surface area contributed by atoms with Crippen LogP contribution in [0.25, 0.3) is 0 Å². The lowest BCUT2D eigenvalue weighted by atomic mass is 9.46. The fourth-order valence-corrected chi connectivity index (χ4v) is 7.58. The standard InChI is InChI=1S/C28H43NO3/c1-20-11-16-29(17-12-20)19-24-22(13-18-32-24)8-9-23-21(2)7-10-25-27(23,3)14-6-15-28(25,4)26(30)31-5/h13,18,20,23,25H,2,6-12,14-17,19H2,1,3-5H3/p+1/t23-,25+,27+,28+/m0/s1. The van der Waals surface area contributed by atoms with Gasteiger partial charge in [-0.25, -0.2) is 0 Å². The molecule has 1 N–H and O–H groups in total. The van der Waals surface area contributed by atoms with Gasteiger partial charge in [0.2, 0.25) is 0 Å². The van der Waals surface area contributed by atoms with E-state index in [1.165, 1.54) is 49.2 Å². The zero-order chi connectivity index (χ0) is 22.9. The summed E-state index contributed by atoms with van der Waals surface area (Å²) < 4.78 is 11.3. The number of aryl methyl sites for hydroxylation is 1. The number of piperidine rings is 1. The Morgan fingerprint density at radius 1 is 1.25 bits per heavy atom. The Hall–Kier alpha value is -1.55. The maximum atomic E-state index is 12.8. The van der Waals surface area contributed by atoms with Crippen molar-refractivity contribution in [2.75, 3.05) is 20.2 Å². The van der Waals surface area contributed by atoms with Gasteiger partial charge in [0.15, 0.2) is 5.76 Å². The molecule has 0 bridgehead atoms. The summed E-state index contributed by atoms with van der Waals surface area (Å²) >= 11 is 0. The van der Waals surface area contributed by atoms with Crippen LogP contribution in [-0.4, -0.2) is 26.2 Å². The van der Waals surface area contributed by atoms with Gasteiger partial charge in [0.1, 0.15) is 6.54 Å². The molecule has 1 aromatic rings. The van der Waals surface area contributed by atoms with E-state index in [2.05, 4.69) is 33.4 Å². The molecule has 0 amide bonds. The highest BCUT2D eigenvalue weighted by molar-refractivity contribution is 5.77. The second kappa shape index (κ2) is 9.37. The molecule has 32 heavy (non-hydrogen) atoms. The van der Waals surface area contributed by atoms with Crippen molar-refractivity contribution < 1.29 is 18.8 Å². The van der Waals surface area contributed by atoms with Crippen LogP contribution in [-0.2, 0) is 22.5 Å². The van der Waals surface area contributed by atoms with E-state index in [4.69, 9.17) is 9.15 Å². The van der Waals surface area contributed by atoms with E-state index < -0.39 is 0 Å². The Kier molecular flexibility index (Phi) is 6.91. The Morgan fingerprint density at radius 2 is 2.00 bits per heavy atom. The van der Waals surface area contributed by atoms with E-state index in [9.17, 15) is 4.79 Å². The molecule has 1 saturated heterocycles. The van der Waals surface area contributed by atoms with Crippen LogP contribution in [0.15, 0.2) is 28.9 Å². The Labute approximate surface area is 194 Å². The minimum atomic E-state index is -0.365. The summed E-state index contributed by atoms with van der Waals surface area (Å²) in [6.07, 6.45) is 12.0. The van der Waals surface area contributed by atoms with Gasteiger partial charge in [-0.15, -0.1) is 0 Å². The lowest BCUT2D eigenvalue weighted by Crippen LogP contribution is -3.11. The number of fused-ring (bicyclic) bond motifs is 1. The molecule has 0 aromatic carbocycles. The number of ether oxygens (including phenoxy) is 1. The number of hydrogen-bond donors (Lipinski definition) is 1. The number of esters is 1. The molecule has 3 fully saturated rings. The van der Waals surface area contributed by atoms with Crippen LogP contribution in [0.5, 0.6) is 0 Å². The van der Waals surface area contributed by atoms with Gasteiger partial charge in [-0.3, -0.25) is 4.79 Å². The van der Waals surface area contributed by atoms with Crippen LogP contribution in [0.4, 0.5) is 0 Å². The van der Waals surface area contributed by atoms with Crippen molar-refractivity contribution in [3.63, 3.8) is 0 Å². The Morgan fingerprint density at radius 3 is 2.72 bits per heavy atom. The largest absolute Gasteiger partial charge is 0.469 e. The van der Waals surface area contributed by atoms with Crippen LogP contribution in [0, 0.1) is 28.6 Å². The van der Waals surface area contributed by atoms with Gasteiger partial charge in [-0.2, -0.15) is 0 Å². The van der Waals surface area contributed by atoms with Crippen LogP contribution >= 0.6 is 0 Å². The number of nitrogens with one attached hydrogen (secondary N) is 1. The smallest absolute Gasteiger partial charge is 0.311 e. The van der Waals surface area contributed by atoms with Gasteiger partial charge < -0.3 is 14.1 Å². The Balaban J connectivity index is 1.47. The second-order valence-electron chi connectivity index (χ2n) is 11.6. The van der Waals surface area contributed by atoms with Crippen molar-refractivity contribution in [1.82, 2.24) is 0 Å². The number of hydrogen-bond acceptors (Lipinski definition) is 3. The summed E-state index contributed by atoms with van der Waals surface area (Å²) in [5.41, 5.74) is 2.52. The molecule has 1 aliphatic heterocycles. The molecular weight excluding hydrogens is 398 g/mol. The average molecular weight is 443 g/mol. The average Bonchev–Trinajstić information content (AvgIpc) is 3.21. The predicted molar refractivity (Wildman–Crippen MR) is 127 cm³/mol. The topological polar surface area (TPSA) is 43.9 Å². The molecule has 4 atom stereocenters. The minimum Gasteiger partial charge on any atom is -0.469 e. The number of rotatable bonds is 6. The molecule has 3 aliphatic rings. The summed E-state index contributed by atoms with van der Waals surface area (Å²) in [6.45, 7) is 15.0. The molecule has 4 heteroatoms. The number of carbonyl (C=O) groups excluding carboxylic acids is 1. The highest BCUT2D eigenvalue weighted by Gasteiger charge is 2.57. The van der Waals surface area contributed by atoms with E-state index in [-0.39, 0.29) is 16.8 Å². The number of quaternary nitrogens is 1. The van der Waals surface area contributed by atoms with Crippen molar-refractivity contribution in [1.29, 1.82) is 0 Å². The zero-order valence-electron chi connectivity index (χ0n) is 20.8. The van der Waals surface area contributed by atoms with E-state index in [0.717, 1.165) is 51.0 Å². The summed E-state index contributed by atoms with van der Waals surface area (Å²) in [6, 6.07) is 2.19. The molecule has 2 heterocycles. The van der Waals surface area contributed by atoms with E-state index >= 15 is 0 Å². The molecular formula is C28H44NO3+.